The normalized spacial score (nSPS) is 10.5. The molecule has 0 fully saturated rings. The minimum atomic E-state index is 0.593. The summed E-state index contributed by atoms with van der Waals surface area (Å²) in [5.41, 5.74) is 2.07. The first-order chi connectivity index (χ1) is 6.19. The van der Waals surface area contributed by atoms with Crippen molar-refractivity contribution in [2.24, 2.45) is 0 Å². The number of nitrogens with zero attached hydrogens (tertiary/aromatic N) is 2. The van der Waals surface area contributed by atoms with E-state index in [2.05, 4.69) is 16.9 Å². The fourth-order valence-corrected chi connectivity index (χ4v) is 1.71. The Hall–Kier alpha value is -0.280. The number of hydrogen-bond donors (Lipinski definition) is 0. The lowest BCUT2D eigenvalue weighted by Crippen LogP contribution is -2.01. The zero-order valence-corrected chi connectivity index (χ0v) is 9.67. The van der Waals surface area contributed by atoms with Crippen LogP contribution in [0.4, 0.5) is 0 Å². The van der Waals surface area contributed by atoms with Gasteiger partial charge in [0.25, 0.3) is 0 Å². The van der Waals surface area contributed by atoms with E-state index in [1.807, 2.05) is 13.2 Å². The van der Waals surface area contributed by atoms with Crippen LogP contribution in [0.2, 0.25) is 5.15 Å². The van der Waals surface area contributed by atoms with Crippen LogP contribution in [0.1, 0.15) is 24.0 Å². The first-order valence-electron chi connectivity index (χ1n) is 4.19. The maximum Gasteiger partial charge on any atom is 0.140 e. The lowest BCUT2D eigenvalue weighted by molar-refractivity contribution is 0.919. The zero-order chi connectivity index (χ0) is 9.84. The molecular formula is C9H13ClN2S. The summed E-state index contributed by atoms with van der Waals surface area (Å²) in [5.74, 6) is 1.66. The van der Waals surface area contributed by atoms with Crippen molar-refractivity contribution in [3.8, 4) is 0 Å². The van der Waals surface area contributed by atoms with Crippen molar-refractivity contribution in [2.75, 3.05) is 6.26 Å². The van der Waals surface area contributed by atoms with Crippen LogP contribution < -0.4 is 0 Å². The molecule has 0 saturated carbocycles. The molecule has 1 aromatic heterocycles. The van der Waals surface area contributed by atoms with Crippen LogP contribution in [0, 0.1) is 6.92 Å². The molecule has 4 heteroatoms. The number of aromatic nitrogens is 2. The summed E-state index contributed by atoms with van der Waals surface area (Å²) in [7, 11) is 0. The first kappa shape index (κ1) is 10.8. The molecule has 72 valence electrons. The predicted molar refractivity (Wildman–Crippen MR) is 58.4 cm³/mol. The van der Waals surface area contributed by atoms with Crippen LogP contribution >= 0.6 is 23.4 Å². The average Bonchev–Trinajstić information content (AvgIpc) is 2.11. The minimum Gasteiger partial charge on any atom is -0.237 e. The summed E-state index contributed by atoms with van der Waals surface area (Å²) in [6.07, 6.45) is 2.94. The van der Waals surface area contributed by atoms with E-state index in [0.717, 1.165) is 29.3 Å². The fraction of sp³-hybridized carbons (Fsp3) is 0.556. The van der Waals surface area contributed by atoms with Crippen LogP contribution in [-0.4, -0.2) is 16.2 Å². The Kier molecular flexibility index (Phi) is 4.00. The van der Waals surface area contributed by atoms with Crippen LogP contribution in [-0.2, 0) is 12.2 Å². The topological polar surface area (TPSA) is 25.8 Å². The Bertz CT molecular complexity index is 302. The van der Waals surface area contributed by atoms with Gasteiger partial charge in [0.05, 0.1) is 5.75 Å². The quantitative estimate of drug-likeness (QED) is 0.727. The molecule has 1 rings (SSSR count). The summed E-state index contributed by atoms with van der Waals surface area (Å²) in [6, 6.07) is 0. The molecule has 0 N–H and O–H groups in total. The van der Waals surface area contributed by atoms with E-state index in [1.54, 1.807) is 11.8 Å². The van der Waals surface area contributed by atoms with Crippen molar-refractivity contribution in [3.05, 3.63) is 22.2 Å². The number of hydrogen-bond acceptors (Lipinski definition) is 3. The van der Waals surface area contributed by atoms with Crippen molar-refractivity contribution < 1.29 is 0 Å². The fourth-order valence-electron chi connectivity index (χ4n) is 1.12. The van der Waals surface area contributed by atoms with Gasteiger partial charge in [0.1, 0.15) is 11.0 Å². The van der Waals surface area contributed by atoms with E-state index >= 15 is 0 Å². The highest BCUT2D eigenvalue weighted by Gasteiger charge is 2.06. The van der Waals surface area contributed by atoms with Crippen molar-refractivity contribution >= 4 is 23.4 Å². The van der Waals surface area contributed by atoms with E-state index in [0.29, 0.717) is 5.15 Å². The number of halogens is 1. The van der Waals surface area contributed by atoms with Gasteiger partial charge >= 0.3 is 0 Å². The summed E-state index contributed by atoms with van der Waals surface area (Å²) < 4.78 is 0. The van der Waals surface area contributed by atoms with Crippen LogP contribution in [0.15, 0.2) is 0 Å². The van der Waals surface area contributed by atoms with Crippen LogP contribution in [0.25, 0.3) is 0 Å². The van der Waals surface area contributed by atoms with Gasteiger partial charge in [0, 0.05) is 11.3 Å². The molecule has 0 saturated heterocycles. The minimum absolute atomic E-state index is 0.593. The second-order valence-electron chi connectivity index (χ2n) is 2.79. The van der Waals surface area contributed by atoms with Crippen LogP contribution in [0.3, 0.4) is 0 Å². The Morgan fingerprint density at radius 2 is 2.08 bits per heavy atom. The summed E-state index contributed by atoms with van der Waals surface area (Å²) in [4.78, 5) is 8.63. The van der Waals surface area contributed by atoms with Crippen molar-refractivity contribution in [1.29, 1.82) is 0 Å². The van der Waals surface area contributed by atoms with E-state index < -0.39 is 0 Å². The van der Waals surface area contributed by atoms with Gasteiger partial charge in [0.15, 0.2) is 0 Å². The molecule has 0 unspecified atom stereocenters. The maximum atomic E-state index is 5.97. The molecule has 0 bridgehead atoms. The third-order valence-electron chi connectivity index (χ3n) is 1.84. The SMILES string of the molecule is CCc1nc(CSC)nc(Cl)c1C. The van der Waals surface area contributed by atoms with Gasteiger partial charge in [0.2, 0.25) is 0 Å². The zero-order valence-electron chi connectivity index (χ0n) is 8.09. The van der Waals surface area contributed by atoms with Gasteiger partial charge in [-0.25, -0.2) is 9.97 Å². The van der Waals surface area contributed by atoms with Crippen molar-refractivity contribution in [3.63, 3.8) is 0 Å². The molecule has 0 amide bonds. The standard InChI is InChI=1S/C9H13ClN2S/c1-4-7-6(2)9(10)12-8(11-7)5-13-3/h4-5H2,1-3H3. The number of aryl methyl sites for hydroxylation is 1. The lowest BCUT2D eigenvalue weighted by atomic mass is 10.2. The average molecular weight is 217 g/mol. The van der Waals surface area contributed by atoms with Crippen molar-refractivity contribution in [1.82, 2.24) is 9.97 Å². The van der Waals surface area contributed by atoms with Gasteiger partial charge in [-0.15, -0.1) is 0 Å². The molecule has 1 aromatic rings. The van der Waals surface area contributed by atoms with Gasteiger partial charge in [-0.05, 0) is 19.6 Å². The third-order valence-corrected chi connectivity index (χ3v) is 2.76. The molecule has 13 heavy (non-hydrogen) atoms. The molecule has 0 aliphatic carbocycles. The van der Waals surface area contributed by atoms with E-state index in [9.17, 15) is 0 Å². The highest BCUT2D eigenvalue weighted by atomic mass is 35.5. The van der Waals surface area contributed by atoms with Crippen molar-refractivity contribution in [2.45, 2.75) is 26.0 Å². The molecule has 0 radical (unpaired) electrons. The Morgan fingerprint density at radius 3 is 2.62 bits per heavy atom. The van der Waals surface area contributed by atoms with Gasteiger partial charge in [-0.2, -0.15) is 11.8 Å². The first-order valence-corrected chi connectivity index (χ1v) is 5.97. The molecule has 0 aromatic carbocycles. The molecule has 0 atom stereocenters. The molecule has 0 spiro atoms. The number of thioether (sulfide) groups is 1. The predicted octanol–water partition coefficient (Wildman–Crippen LogP) is 2.86. The lowest BCUT2D eigenvalue weighted by Gasteiger charge is -2.06. The van der Waals surface area contributed by atoms with Gasteiger partial charge in [-0.1, -0.05) is 18.5 Å². The Balaban J connectivity index is 3.06. The maximum absolute atomic E-state index is 5.97. The molecular weight excluding hydrogens is 204 g/mol. The van der Waals surface area contributed by atoms with E-state index in [-0.39, 0.29) is 0 Å². The van der Waals surface area contributed by atoms with E-state index in [1.165, 1.54) is 0 Å². The summed E-state index contributed by atoms with van der Waals surface area (Å²) in [5, 5.41) is 0.593. The Labute approximate surface area is 88.1 Å². The van der Waals surface area contributed by atoms with Crippen LogP contribution in [0.5, 0.6) is 0 Å². The molecule has 1 heterocycles. The monoisotopic (exact) mass is 216 g/mol. The van der Waals surface area contributed by atoms with Gasteiger partial charge in [-0.3, -0.25) is 0 Å². The summed E-state index contributed by atoms with van der Waals surface area (Å²) in [6.45, 7) is 4.04. The number of rotatable bonds is 3. The van der Waals surface area contributed by atoms with Gasteiger partial charge < -0.3 is 0 Å². The molecule has 0 aliphatic rings. The Morgan fingerprint density at radius 1 is 1.38 bits per heavy atom. The highest BCUT2D eigenvalue weighted by molar-refractivity contribution is 7.97. The second-order valence-corrected chi connectivity index (χ2v) is 4.01. The highest BCUT2D eigenvalue weighted by Crippen LogP contribution is 2.17. The second kappa shape index (κ2) is 4.82. The summed E-state index contributed by atoms with van der Waals surface area (Å²) >= 11 is 7.68. The smallest absolute Gasteiger partial charge is 0.140 e. The largest absolute Gasteiger partial charge is 0.237 e. The van der Waals surface area contributed by atoms with E-state index in [4.69, 9.17) is 11.6 Å². The molecule has 2 nitrogen and oxygen atoms in total. The molecule has 0 aliphatic heterocycles. The third kappa shape index (κ3) is 2.58.